The Kier molecular flexibility index (Phi) is 3.04. The summed E-state index contributed by atoms with van der Waals surface area (Å²) < 4.78 is 6.30. The number of amides is 1. The van der Waals surface area contributed by atoms with Crippen molar-refractivity contribution in [1.82, 2.24) is 4.98 Å². The second kappa shape index (κ2) is 4.81. The van der Waals surface area contributed by atoms with E-state index in [2.05, 4.69) is 20.9 Å². The molecule has 1 saturated carbocycles. The molecule has 2 fully saturated rings. The van der Waals surface area contributed by atoms with Gasteiger partial charge in [0.15, 0.2) is 5.13 Å². The largest absolute Gasteiger partial charge is 0.447 e. The van der Waals surface area contributed by atoms with Crippen LogP contribution in [0.2, 0.25) is 0 Å². The van der Waals surface area contributed by atoms with Crippen molar-refractivity contribution in [2.24, 2.45) is 0 Å². The van der Waals surface area contributed by atoms with E-state index in [0.29, 0.717) is 6.61 Å². The fourth-order valence-corrected chi connectivity index (χ4v) is 4.07. The number of hydrogen-bond acceptors (Lipinski definition) is 4. The average molecular weight is 365 g/mol. The molecule has 0 N–H and O–H groups in total. The van der Waals surface area contributed by atoms with Gasteiger partial charge in [0.05, 0.1) is 11.2 Å². The van der Waals surface area contributed by atoms with Crippen molar-refractivity contribution in [1.29, 1.82) is 0 Å². The molecule has 0 atom stereocenters. The van der Waals surface area contributed by atoms with E-state index in [0.717, 1.165) is 40.1 Å². The number of aromatic nitrogens is 1. The molecular weight excluding hydrogens is 352 g/mol. The lowest BCUT2D eigenvalue weighted by Crippen LogP contribution is -2.52. The first-order chi connectivity index (χ1) is 10.2. The lowest BCUT2D eigenvalue weighted by molar-refractivity contribution is 0.154. The van der Waals surface area contributed by atoms with Crippen LogP contribution in [0.4, 0.5) is 9.93 Å². The van der Waals surface area contributed by atoms with Crippen molar-refractivity contribution in [2.45, 2.75) is 24.8 Å². The molecule has 1 saturated heterocycles. The van der Waals surface area contributed by atoms with Crippen LogP contribution >= 0.6 is 27.3 Å². The van der Waals surface area contributed by atoms with Crippen LogP contribution in [0.25, 0.3) is 11.3 Å². The van der Waals surface area contributed by atoms with Crippen LogP contribution in [-0.2, 0) is 4.74 Å². The Morgan fingerprint density at radius 2 is 2.05 bits per heavy atom. The number of benzene rings is 1. The fourth-order valence-electron chi connectivity index (χ4n) is 2.87. The maximum Gasteiger partial charge on any atom is 0.416 e. The van der Waals surface area contributed by atoms with E-state index in [4.69, 9.17) is 4.74 Å². The third kappa shape index (κ3) is 2.08. The topological polar surface area (TPSA) is 42.4 Å². The Hall–Kier alpha value is -1.40. The zero-order valence-corrected chi connectivity index (χ0v) is 13.6. The highest BCUT2D eigenvalue weighted by atomic mass is 79.9. The molecule has 1 aliphatic heterocycles. The van der Waals surface area contributed by atoms with Gasteiger partial charge in [0.25, 0.3) is 0 Å². The minimum atomic E-state index is -0.258. The van der Waals surface area contributed by atoms with E-state index in [1.54, 1.807) is 4.90 Å². The van der Waals surface area contributed by atoms with Gasteiger partial charge in [0.1, 0.15) is 6.61 Å². The number of ether oxygens (including phenoxy) is 1. The third-order valence-corrected chi connectivity index (χ3v) is 5.58. The Bertz CT molecular complexity index is 694. The van der Waals surface area contributed by atoms with Crippen LogP contribution in [0.5, 0.6) is 0 Å². The molecule has 1 aliphatic carbocycles. The number of halogens is 1. The van der Waals surface area contributed by atoms with Crippen molar-refractivity contribution in [3.05, 3.63) is 34.1 Å². The summed E-state index contributed by atoms with van der Waals surface area (Å²) >= 11 is 4.93. The molecule has 2 heterocycles. The van der Waals surface area contributed by atoms with Gasteiger partial charge in [-0.2, -0.15) is 0 Å². The highest BCUT2D eigenvalue weighted by Gasteiger charge is 2.53. The molecule has 108 valence electrons. The van der Waals surface area contributed by atoms with Crippen LogP contribution in [0, 0.1) is 0 Å². The van der Waals surface area contributed by atoms with Crippen LogP contribution in [0.15, 0.2) is 34.1 Å². The first-order valence-electron chi connectivity index (χ1n) is 6.86. The van der Waals surface area contributed by atoms with Crippen molar-refractivity contribution in [3.8, 4) is 11.3 Å². The summed E-state index contributed by atoms with van der Waals surface area (Å²) in [6.07, 6.45) is 2.90. The van der Waals surface area contributed by atoms with E-state index in [9.17, 15) is 4.79 Å². The molecule has 0 bridgehead atoms. The number of carbonyl (C=O) groups is 1. The highest BCUT2D eigenvalue weighted by molar-refractivity contribution is 9.10. The Morgan fingerprint density at radius 1 is 1.29 bits per heavy atom. The van der Waals surface area contributed by atoms with Crippen molar-refractivity contribution in [2.75, 3.05) is 11.5 Å². The molecule has 2 aromatic rings. The van der Waals surface area contributed by atoms with Gasteiger partial charge < -0.3 is 4.74 Å². The Labute approximate surface area is 134 Å². The van der Waals surface area contributed by atoms with Crippen molar-refractivity contribution < 1.29 is 9.53 Å². The molecule has 0 radical (unpaired) electrons. The lowest BCUT2D eigenvalue weighted by Gasteiger charge is -2.41. The zero-order chi connectivity index (χ0) is 14.4. The summed E-state index contributed by atoms with van der Waals surface area (Å²) in [6.45, 7) is 0.499. The Morgan fingerprint density at radius 3 is 2.71 bits per heavy atom. The molecule has 1 aromatic heterocycles. The molecule has 4 nitrogen and oxygen atoms in total. The summed E-state index contributed by atoms with van der Waals surface area (Å²) in [4.78, 5) is 18.5. The van der Waals surface area contributed by atoms with Gasteiger partial charge in [-0.15, -0.1) is 11.3 Å². The SMILES string of the molecule is O=C1OCC2(CCC2)N1c1nc(-c2ccc(Br)cc2)cs1. The maximum atomic E-state index is 12.0. The standard InChI is InChI=1S/C15H13BrN2O2S/c16-11-4-2-10(3-5-11)12-8-21-13(17-12)18-14(19)20-9-15(18)6-1-7-15/h2-5,8H,1,6-7,9H2. The van der Waals surface area contributed by atoms with Crippen molar-refractivity contribution in [3.63, 3.8) is 0 Å². The first kappa shape index (κ1) is 13.3. The number of anilines is 1. The van der Waals surface area contributed by atoms with Crippen LogP contribution in [-0.4, -0.2) is 23.2 Å². The van der Waals surface area contributed by atoms with E-state index in [-0.39, 0.29) is 11.6 Å². The van der Waals surface area contributed by atoms with Gasteiger partial charge in [-0.25, -0.2) is 14.7 Å². The monoisotopic (exact) mass is 364 g/mol. The summed E-state index contributed by atoms with van der Waals surface area (Å²) in [6, 6.07) is 8.02. The fraction of sp³-hybridized carbons (Fsp3) is 0.333. The van der Waals surface area contributed by atoms with Crippen LogP contribution in [0.3, 0.4) is 0 Å². The minimum Gasteiger partial charge on any atom is -0.447 e. The normalized spacial score (nSPS) is 19.7. The predicted octanol–water partition coefficient (Wildman–Crippen LogP) is 4.45. The van der Waals surface area contributed by atoms with Crippen LogP contribution < -0.4 is 4.90 Å². The average Bonchev–Trinajstić information content (AvgIpc) is 3.03. The second-order valence-electron chi connectivity index (χ2n) is 5.49. The minimum absolute atomic E-state index is 0.133. The molecule has 1 amide bonds. The van der Waals surface area contributed by atoms with E-state index in [1.807, 2.05) is 29.6 Å². The quantitative estimate of drug-likeness (QED) is 0.790. The number of thiazole rings is 1. The van der Waals surface area contributed by atoms with Gasteiger partial charge in [0, 0.05) is 15.4 Å². The van der Waals surface area contributed by atoms with Gasteiger partial charge in [-0.05, 0) is 31.4 Å². The number of hydrogen-bond donors (Lipinski definition) is 0. The predicted molar refractivity (Wildman–Crippen MR) is 85.7 cm³/mol. The molecule has 1 aromatic carbocycles. The van der Waals surface area contributed by atoms with E-state index in [1.165, 1.54) is 11.3 Å². The molecule has 0 unspecified atom stereocenters. The lowest BCUT2D eigenvalue weighted by atomic mass is 9.77. The second-order valence-corrected chi connectivity index (χ2v) is 7.24. The van der Waals surface area contributed by atoms with Crippen molar-refractivity contribution >= 4 is 38.5 Å². The number of carbonyl (C=O) groups excluding carboxylic acids is 1. The van der Waals surface area contributed by atoms with Gasteiger partial charge in [-0.1, -0.05) is 28.1 Å². The number of cyclic esters (lactones) is 1. The van der Waals surface area contributed by atoms with Gasteiger partial charge in [-0.3, -0.25) is 0 Å². The summed E-state index contributed by atoms with van der Waals surface area (Å²) in [5.41, 5.74) is 1.82. The number of nitrogens with zero attached hydrogens (tertiary/aromatic N) is 2. The highest BCUT2D eigenvalue weighted by Crippen LogP contribution is 2.45. The number of rotatable bonds is 2. The summed E-state index contributed by atoms with van der Waals surface area (Å²) in [7, 11) is 0. The van der Waals surface area contributed by atoms with Crippen LogP contribution in [0.1, 0.15) is 19.3 Å². The van der Waals surface area contributed by atoms with Gasteiger partial charge >= 0.3 is 6.09 Å². The third-order valence-electron chi connectivity index (χ3n) is 4.23. The first-order valence-corrected chi connectivity index (χ1v) is 8.54. The molecule has 2 aliphatic rings. The maximum absolute atomic E-state index is 12.0. The summed E-state index contributed by atoms with van der Waals surface area (Å²) in [5.74, 6) is 0. The molecule has 21 heavy (non-hydrogen) atoms. The van der Waals surface area contributed by atoms with Gasteiger partial charge in [0.2, 0.25) is 0 Å². The molecule has 6 heteroatoms. The smallest absolute Gasteiger partial charge is 0.416 e. The molecular formula is C15H13BrN2O2S. The molecule has 4 rings (SSSR count). The Balaban J connectivity index is 1.68. The molecule has 1 spiro atoms. The zero-order valence-electron chi connectivity index (χ0n) is 11.2. The van der Waals surface area contributed by atoms with E-state index >= 15 is 0 Å². The summed E-state index contributed by atoms with van der Waals surface area (Å²) in [5, 5.41) is 2.74. The van der Waals surface area contributed by atoms with E-state index < -0.39 is 0 Å².